The van der Waals surface area contributed by atoms with Gasteiger partial charge in [-0.3, -0.25) is 0 Å². The molecule has 0 amide bonds. The summed E-state index contributed by atoms with van der Waals surface area (Å²) in [6.07, 6.45) is -5.46. The molecule has 0 aromatic heterocycles. The monoisotopic (exact) mass is 257 g/mol. The van der Waals surface area contributed by atoms with Crippen LogP contribution in [0.1, 0.15) is 27.2 Å². The maximum Gasteiger partial charge on any atom is 0.391 e. The van der Waals surface area contributed by atoms with Gasteiger partial charge in [-0.25, -0.2) is 0 Å². The second-order valence-electron chi connectivity index (χ2n) is 4.94. The summed E-state index contributed by atoms with van der Waals surface area (Å²) in [5.41, 5.74) is -0.0978. The molecule has 0 aromatic rings. The van der Waals surface area contributed by atoms with E-state index in [4.69, 9.17) is 9.47 Å². The van der Waals surface area contributed by atoms with Gasteiger partial charge in [-0.05, 0) is 20.8 Å². The van der Waals surface area contributed by atoms with Crippen LogP contribution in [-0.4, -0.2) is 44.7 Å². The molecule has 1 unspecified atom stereocenters. The second kappa shape index (κ2) is 7.18. The Balaban J connectivity index is 3.90. The summed E-state index contributed by atoms with van der Waals surface area (Å²) >= 11 is 0. The minimum Gasteiger partial charge on any atom is -0.382 e. The van der Waals surface area contributed by atoms with Crippen LogP contribution >= 0.6 is 0 Å². The number of hydrogen-bond donors (Lipinski definition) is 1. The molecule has 0 rings (SSSR count). The summed E-state index contributed by atoms with van der Waals surface area (Å²) in [5, 5.41) is 3.17. The predicted octanol–water partition coefficient (Wildman–Crippen LogP) is 2.36. The van der Waals surface area contributed by atoms with Crippen molar-refractivity contribution in [2.75, 3.05) is 26.9 Å². The summed E-state index contributed by atoms with van der Waals surface area (Å²) in [5.74, 6) is 0. The van der Waals surface area contributed by atoms with Crippen molar-refractivity contribution < 1.29 is 22.6 Å². The highest BCUT2D eigenvalue weighted by Crippen LogP contribution is 2.19. The number of methoxy groups -OCH3 is 1. The maximum atomic E-state index is 11.9. The van der Waals surface area contributed by atoms with E-state index in [1.165, 1.54) is 7.11 Å². The molecule has 0 aliphatic rings. The van der Waals surface area contributed by atoms with Gasteiger partial charge in [0.25, 0.3) is 0 Å². The lowest BCUT2D eigenvalue weighted by Crippen LogP contribution is -2.43. The molecule has 0 fully saturated rings. The molecule has 6 heteroatoms. The van der Waals surface area contributed by atoms with Gasteiger partial charge in [0.2, 0.25) is 0 Å². The molecule has 0 spiro atoms. The predicted molar refractivity (Wildman–Crippen MR) is 60.0 cm³/mol. The van der Waals surface area contributed by atoms with Crippen molar-refractivity contribution in [1.29, 1.82) is 0 Å². The summed E-state index contributed by atoms with van der Waals surface area (Å²) < 4.78 is 45.9. The Hall–Kier alpha value is -0.330. The number of alkyl halides is 3. The first kappa shape index (κ1) is 16.7. The molecule has 1 atom stereocenters. The van der Waals surface area contributed by atoms with Crippen LogP contribution in [0, 0.1) is 0 Å². The fourth-order valence-electron chi connectivity index (χ4n) is 1.11. The molecule has 3 nitrogen and oxygen atoms in total. The van der Waals surface area contributed by atoms with E-state index >= 15 is 0 Å². The third-order valence-electron chi connectivity index (χ3n) is 1.95. The zero-order valence-electron chi connectivity index (χ0n) is 10.9. The molecule has 0 aliphatic carbocycles. The highest BCUT2D eigenvalue weighted by molar-refractivity contribution is 4.73. The second-order valence-corrected chi connectivity index (χ2v) is 4.94. The summed E-state index contributed by atoms with van der Waals surface area (Å²) in [4.78, 5) is 0. The van der Waals surface area contributed by atoms with Gasteiger partial charge >= 0.3 is 6.18 Å². The summed E-state index contributed by atoms with van der Waals surface area (Å²) in [7, 11) is 1.50. The van der Waals surface area contributed by atoms with Crippen LogP contribution in [0.25, 0.3) is 0 Å². The molecule has 0 saturated heterocycles. The van der Waals surface area contributed by atoms with E-state index in [1.807, 2.05) is 20.8 Å². The molecule has 0 bridgehead atoms. The molecule has 0 saturated carbocycles. The lowest BCUT2D eigenvalue weighted by Gasteiger charge is -2.25. The summed E-state index contributed by atoms with van der Waals surface area (Å²) in [6, 6.07) is 0. The number of rotatable bonds is 7. The van der Waals surface area contributed by atoms with E-state index in [0.29, 0.717) is 6.54 Å². The Morgan fingerprint density at radius 2 is 1.76 bits per heavy atom. The fraction of sp³-hybridized carbons (Fsp3) is 1.00. The quantitative estimate of drug-likeness (QED) is 0.759. The normalized spacial score (nSPS) is 15.0. The van der Waals surface area contributed by atoms with Crippen LogP contribution in [0.3, 0.4) is 0 Å². The van der Waals surface area contributed by atoms with Crippen molar-refractivity contribution in [1.82, 2.24) is 5.32 Å². The standard InChI is InChI=1S/C11H22F3NO2/c1-10(2,3)15-7-9(8-16-4)17-6-5-11(12,13)14/h9,15H,5-8H2,1-4H3. The largest absolute Gasteiger partial charge is 0.391 e. The fourth-order valence-corrected chi connectivity index (χ4v) is 1.11. The van der Waals surface area contributed by atoms with Gasteiger partial charge in [0.05, 0.1) is 25.7 Å². The van der Waals surface area contributed by atoms with Gasteiger partial charge in [-0.1, -0.05) is 0 Å². The van der Waals surface area contributed by atoms with Crippen LogP contribution in [-0.2, 0) is 9.47 Å². The third kappa shape index (κ3) is 11.9. The van der Waals surface area contributed by atoms with E-state index in [0.717, 1.165) is 0 Å². The Morgan fingerprint density at radius 1 is 1.18 bits per heavy atom. The SMILES string of the molecule is COCC(CNC(C)(C)C)OCCC(F)(F)F. The lowest BCUT2D eigenvalue weighted by molar-refractivity contribution is -0.151. The van der Waals surface area contributed by atoms with E-state index in [2.05, 4.69) is 5.32 Å². The molecule has 0 radical (unpaired) electrons. The van der Waals surface area contributed by atoms with Gasteiger partial charge < -0.3 is 14.8 Å². The molecule has 104 valence electrons. The van der Waals surface area contributed by atoms with Crippen molar-refractivity contribution in [2.24, 2.45) is 0 Å². The average Bonchev–Trinajstić information content (AvgIpc) is 2.11. The van der Waals surface area contributed by atoms with Gasteiger partial charge in [0.15, 0.2) is 0 Å². The Morgan fingerprint density at radius 3 is 2.18 bits per heavy atom. The number of ether oxygens (including phenoxy) is 2. The molecule has 0 aromatic carbocycles. The number of nitrogens with one attached hydrogen (secondary N) is 1. The molecule has 0 aliphatic heterocycles. The van der Waals surface area contributed by atoms with Gasteiger partial charge in [0, 0.05) is 19.2 Å². The van der Waals surface area contributed by atoms with Crippen LogP contribution in [0.5, 0.6) is 0 Å². The van der Waals surface area contributed by atoms with Gasteiger partial charge in [-0.2, -0.15) is 13.2 Å². The first-order chi connectivity index (χ1) is 7.64. The number of hydrogen-bond acceptors (Lipinski definition) is 3. The molecular formula is C11H22F3NO2. The van der Waals surface area contributed by atoms with Crippen molar-refractivity contribution in [3.05, 3.63) is 0 Å². The van der Waals surface area contributed by atoms with Crippen LogP contribution in [0.4, 0.5) is 13.2 Å². The zero-order valence-corrected chi connectivity index (χ0v) is 10.9. The molecular weight excluding hydrogens is 235 g/mol. The van der Waals surface area contributed by atoms with Crippen molar-refractivity contribution in [3.63, 3.8) is 0 Å². The van der Waals surface area contributed by atoms with Crippen molar-refractivity contribution in [2.45, 2.75) is 45.0 Å². The first-order valence-corrected chi connectivity index (χ1v) is 5.56. The molecule has 0 heterocycles. The highest BCUT2D eigenvalue weighted by atomic mass is 19.4. The minimum absolute atomic E-state index is 0.0978. The van der Waals surface area contributed by atoms with E-state index < -0.39 is 12.6 Å². The lowest BCUT2D eigenvalue weighted by atomic mass is 10.1. The van der Waals surface area contributed by atoms with Crippen LogP contribution in [0.15, 0.2) is 0 Å². The van der Waals surface area contributed by atoms with Crippen molar-refractivity contribution in [3.8, 4) is 0 Å². The minimum atomic E-state index is -4.17. The van der Waals surface area contributed by atoms with E-state index in [-0.39, 0.29) is 24.9 Å². The zero-order chi connectivity index (χ0) is 13.5. The van der Waals surface area contributed by atoms with Crippen LogP contribution < -0.4 is 5.32 Å². The Labute approximate surface area is 101 Å². The number of halogens is 3. The maximum absolute atomic E-state index is 11.9. The highest BCUT2D eigenvalue weighted by Gasteiger charge is 2.27. The Kier molecular flexibility index (Phi) is 7.04. The Bertz CT molecular complexity index is 202. The van der Waals surface area contributed by atoms with Gasteiger partial charge in [0.1, 0.15) is 0 Å². The average molecular weight is 257 g/mol. The third-order valence-corrected chi connectivity index (χ3v) is 1.95. The molecule has 17 heavy (non-hydrogen) atoms. The van der Waals surface area contributed by atoms with Gasteiger partial charge in [-0.15, -0.1) is 0 Å². The smallest absolute Gasteiger partial charge is 0.382 e. The van der Waals surface area contributed by atoms with Crippen LogP contribution in [0.2, 0.25) is 0 Å². The van der Waals surface area contributed by atoms with E-state index in [9.17, 15) is 13.2 Å². The topological polar surface area (TPSA) is 30.5 Å². The first-order valence-electron chi connectivity index (χ1n) is 5.56. The van der Waals surface area contributed by atoms with Crippen molar-refractivity contribution >= 4 is 0 Å². The summed E-state index contributed by atoms with van der Waals surface area (Å²) in [6.45, 7) is 6.35. The van der Waals surface area contributed by atoms with E-state index in [1.54, 1.807) is 0 Å². The molecule has 1 N–H and O–H groups in total.